The first kappa shape index (κ1) is 12.9. The van der Waals surface area contributed by atoms with Crippen LogP contribution < -0.4 is 16.4 Å². The van der Waals surface area contributed by atoms with Crippen LogP contribution >= 0.6 is 0 Å². The molecule has 0 aromatic carbocycles. The molecule has 1 heterocycles. The second-order valence-corrected chi connectivity index (χ2v) is 3.93. The molecular formula is C10H20N4O2. The zero-order valence-corrected chi connectivity index (χ0v) is 9.82. The maximum Gasteiger partial charge on any atom is 0.238 e. The Labute approximate surface area is 95.5 Å². The molecule has 0 aromatic heterocycles. The molecular weight excluding hydrogens is 208 g/mol. The molecule has 0 radical (unpaired) electrons. The standard InChI is InChI=1S/C10H20N4O2/c1-3-13-10(16)8-6-12-4-5-14(8)7(2)9(11)15/h7-8,12H,3-6H2,1-2H3,(H2,11,15)(H,13,16). The molecule has 0 aromatic rings. The van der Waals surface area contributed by atoms with Crippen molar-refractivity contribution in [3.63, 3.8) is 0 Å². The number of nitrogens with zero attached hydrogens (tertiary/aromatic N) is 1. The van der Waals surface area contributed by atoms with Crippen LogP contribution in [0.25, 0.3) is 0 Å². The minimum Gasteiger partial charge on any atom is -0.368 e. The van der Waals surface area contributed by atoms with E-state index in [9.17, 15) is 9.59 Å². The normalized spacial score (nSPS) is 23.8. The van der Waals surface area contributed by atoms with Crippen molar-refractivity contribution in [1.82, 2.24) is 15.5 Å². The quantitative estimate of drug-likeness (QED) is 0.533. The number of amides is 2. The smallest absolute Gasteiger partial charge is 0.238 e. The summed E-state index contributed by atoms with van der Waals surface area (Å²) in [4.78, 5) is 24.8. The van der Waals surface area contributed by atoms with Crippen molar-refractivity contribution in [2.75, 3.05) is 26.2 Å². The fourth-order valence-electron chi connectivity index (χ4n) is 1.88. The summed E-state index contributed by atoms with van der Waals surface area (Å²) < 4.78 is 0. The maximum absolute atomic E-state index is 11.8. The topological polar surface area (TPSA) is 87.5 Å². The summed E-state index contributed by atoms with van der Waals surface area (Å²) in [5.74, 6) is -0.445. The Hall–Kier alpha value is -1.14. The van der Waals surface area contributed by atoms with Gasteiger partial charge in [0.2, 0.25) is 11.8 Å². The van der Waals surface area contributed by atoms with E-state index in [0.717, 1.165) is 6.54 Å². The van der Waals surface area contributed by atoms with Gasteiger partial charge in [0.05, 0.1) is 6.04 Å². The van der Waals surface area contributed by atoms with Crippen LogP contribution in [0.15, 0.2) is 0 Å². The number of carbonyl (C=O) groups is 2. The SMILES string of the molecule is CCNC(=O)C1CNCCN1C(C)C(N)=O. The van der Waals surface area contributed by atoms with Crippen molar-refractivity contribution in [2.45, 2.75) is 25.9 Å². The molecule has 1 aliphatic heterocycles. The zero-order valence-electron chi connectivity index (χ0n) is 9.82. The Bertz CT molecular complexity index is 270. The van der Waals surface area contributed by atoms with Crippen molar-refractivity contribution in [3.8, 4) is 0 Å². The molecule has 1 saturated heterocycles. The van der Waals surface area contributed by atoms with E-state index >= 15 is 0 Å². The van der Waals surface area contributed by atoms with Gasteiger partial charge >= 0.3 is 0 Å². The highest BCUT2D eigenvalue weighted by Crippen LogP contribution is 2.08. The summed E-state index contributed by atoms with van der Waals surface area (Å²) in [5, 5.41) is 5.91. The molecule has 92 valence electrons. The van der Waals surface area contributed by atoms with Gasteiger partial charge in [-0.25, -0.2) is 0 Å². The number of rotatable bonds is 4. The second-order valence-electron chi connectivity index (χ2n) is 3.93. The minimum atomic E-state index is -0.408. The highest BCUT2D eigenvalue weighted by molar-refractivity contribution is 5.84. The van der Waals surface area contributed by atoms with E-state index < -0.39 is 11.9 Å². The van der Waals surface area contributed by atoms with Crippen LogP contribution in [0.4, 0.5) is 0 Å². The third-order valence-corrected chi connectivity index (χ3v) is 2.85. The van der Waals surface area contributed by atoms with Crippen molar-refractivity contribution in [2.24, 2.45) is 5.73 Å². The van der Waals surface area contributed by atoms with Gasteiger partial charge in [-0.15, -0.1) is 0 Å². The average Bonchev–Trinajstić information content (AvgIpc) is 2.28. The number of hydrogen-bond donors (Lipinski definition) is 3. The fourth-order valence-corrected chi connectivity index (χ4v) is 1.88. The van der Waals surface area contributed by atoms with Crippen molar-refractivity contribution >= 4 is 11.8 Å². The maximum atomic E-state index is 11.8. The number of hydrogen-bond acceptors (Lipinski definition) is 4. The van der Waals surface area contributed by atoms with E-state index in [1.54, 1.807) is 6.92 Å². The molecule has 2 amide bonds. The Balaban J connectivity index is 2.70. The van der Waals surface area contributed by atoms with Crippen molar-refractivity contribution < 1.29 is 9.59 Å². The van der Waals surface area contributed by atoms with Crippen LogP contribution in [0.2, 0.25) is 0 Å². The Morgan fingerprint density at radius 2 is 2.31 bits per heavy atom. The lowest BCUT2D eigenvalue weighted by atomic mass is 10.1. The number of primary amides is 1. The molecule has 0 bridgehead atoms. The Kier molecular flexibility index (Phi) is 4.70. The van der Waals surface area contributed by atoms with Gasteiger partial charge < -0.3 is 16.4 Å². The molecule has 2 atom stereocenters. The lowest BCUT2D eigenvalue weighted by Gasteiger charge is -2.37. The third kappa shape index (κ3) is 2.93. The molecule has 4 N–H and O–H groups in total. The van der Waals surface area contributed by atoms with Crippen LogP contribution in [-0.2, 0) is 9.59 Å². The molecule has 6 nitrogen and oxygen atoms in total. The van der Waals surface area contributed by atoms with Crippen LogP contribution in [0.5, 0.6) is 0 Å². The van der Waals surface area contributed by atoms with E-state index in [-0.39, 0.29) is 11.9 Å². The predicted molar refractivity (Wildman–Crippen MR) is 60.7 cm³/mol. The third-order valence-electron chi connectivity index (χ3n) is 2.85. The summed E-state index contributed by atoms with van der Waals surface area (Å²) >= 11 is 0. The van der Waals surface area contributed by atoms with Crippen LogP contribution in [-0.4, -0.2) is 55.0 Å². The predicted octanol–water partition coefficient (Wildman–Crippen LogP) is -1.73. The molecule has 1 fully saturated rings. The van der Waals surface area contributed by atoms with Gasteiger partial charge in [0.25, 0.3) is 0 Å². The van der Waals surface area contributed by atoms with Gasteiger partial charge in [-0.2, -0.15) is 0 Å². The largest absolute Gasteiger partial charge is 0.368 e. The van der Waals surface area contributed by atoms with Gasteiger partial charge in [-0.3, -0.25) is 14.5 Å². The first-order valence-electron chi connectivity index (χ1n) is 5.61. The Morgan fingerprint density at radius 3 is 2.88 bits per heavy atom. The van der Waals surface area contributed by atoms with E-state index in [0.29, 0.717) is 19.6 Å². The summed E-state index contributed by atoms with van der Waals surface area (Å²) in [6, 6.07) is -0.717. The van der Waals surface area contributed by atoms with Gasteiger partial charge in [-0.1, -0.05) is 0 Å². The van der Waals surface area contributed by atoms with Crippen LogP contribution in [0, 0.1) is 0 Å². The second kappa shape index (κ2) is 5.81. The molecule has 1 aliphatic rings. The van der Waals surface area contributed by atoms with E-state index in [1.165, 1.54) is 0 Å². The van der Waals surface area contributed by atoms with Crippen molar-refractivity contribution in [1.29, 1.82) is 0 Å². The molecule has 16 heavy (non-hydrogen) atoms. The van der Waals surface area contributed by atoms with Crippen LogP contribution in [0.3, 0.4) is 0 Å². The molecule has 6 heteroatoms. The molecule has 0 aliphatic carbocycles. The fraction of sp³-hybridized carbons (Fsp3) is 0.800. The number of carbonyl (C=O) groups excluding carboxylic acids is 2. The lowest BCUT2D eigenvalue weighted by molar-refractivity contribution is -0.131. The summed E-state index contributed by atoms with van der Waals surface area (Å²) in [5.41, 5.74) is 5.27. The van der Waals surface area contributed by atoms with Crippen LogP contribution in [0.1, 0.15) is 13.8 Å². The number of nitrogens with two attached hydrogens (primary N) is 1. The summed E-state index contributed by atoms with van der Waals surface area (Å²) in [6.45, 7) is 6.19. The first-order chi connectivity index (χ1) is 7.57. The molecule has 0 spiro atoms. The van der Waals surface area contributed by atoms with Gasteiger partial charge in [0.1, 0.15) is 6.04 Å². The highest BCUT2D eigenvalue weighted by atomic mass is 16.2. The summed E-state index contributed by atoms with van der Waals surface area (Å²) in [6.07, 6.45) is 0. The minimum absolute atomic E-state index is 0.0530. The number of likely N-dealkylation sites (N-methyl/N-ethyl adjacent to an activating group) is 1. The van der Waals surface area contributed by atoms with E-state index in [1.807, 2.05) is 11.8 Å². The van der Waals surface area contributed by atoms with Gasteiger partial charge in [-0.05, 0) is 13.8 Å². The number of piperazine rings is 1. The van der Waals surface area contributed by atoms with Gasteiger partial charge in [0.15, 0.2) is 0 Å². The van der Waals surface area contributed by atoms with E-state index in [4.69, 9.17) is 5.73 Å². The Morgan fingerprint density at radius 1 is 1.62 bits per heavy atom. The molecule has 0 saturated carbocycles. The lowest BCUT2D eigenvalue weighted by Crippen LogP contribution is -2.62. The first-order valence-corrected chi connectivity index (χ1v) is 5.61. The zero-order chi connectivity index (χ0) is 12.1. The average molecular weight is 228 g/mol. The molecule has 2 unspecified atom stereocenters. The molecule has 1 rings (SSSR count). The highest BCUT2D eigenvalue weighted by Gasteiger charge is 2.33. The van der Waals surface area contributed by atoms with Crippen molar-refractivity contribution in [3.05, 3.63) is 0 Å². The summed E-state index contributed by atoms with van der Waals surface area (Å²) in [7, 11) is 0. The van der Waals surface area contributed by atoms with E-state index in [2.05, 4.69) is 10.6 Å². The monoisotopic (exact) mass is 228 g/mol. The van der Waals surface area contributed by atoms with Gasteiger partial charge in [0, 0.05) is 26.2 Å². The number of nitrogens with one attached hydrogen (secondary N) is 2.